The summed E-state index contributed by atoms with van der Waals surface area (Å²) in [6.45, 7) is 4.96. The topological polar surface area (TPSA) is 90.6 Å². The molecule has 1 aromatic carbocycles. The standard InChI is InChI=1S/C18H20F2N4O4/c1-3-27-13-6-7-23(11(2)8-13)17-16(24(25)26)18(22-10-21-17)28-15-5-4-12(19)9-14(15)20/h4-5,9-11,13H,3,6-8H2,1-2H3. The highest BCUT2D eigenvalue weighted by molar-refractivity contribution is 5.64. The van der Waals surface area contributed by atoms with Crippen LogP contribution in [0.15, 0.2) is 24.5 Å². The van der Waals surface area contributed by atoms with Crippen LogP contribution in [-0.4, -0.2) is 40.2 Å². The molecule has 8 nitrogen and oxygen atoms in total. The fourth-order valence-corrected chi connectivity index (χ4v) is 3.29. The Hall–Kier alpha value is -2.88. The number of hydrogen-bond acceptors (Lipinski definition) is 7. The summed E-state index contributed by atoms with van der Waals surface area (Å²) >= 11 is 0. The Bertz CT molecular complexity index is 867. The van der Waals surface area contributed by atoms with Crippen molar-refractivity contribution in [1.82, 2.24) is 9.97 Å². The first-order valence-corrected chi connectivity index (χ1v) is 8.91. The van der Waals surface area contributed by atoms with Crippen LogP contribution in [0.4, 0.5) is 20.3 Å². The van der Waals surface area contributed by atoms with E-state index in [-0.39, 0.29) is 23.7 Å². The molecule has 0 radical (unpaired) electrons. The molecule has 150 valence electrons. The van der Waals surface area contributed by atoms with E-state index in [1.165, 1.54) is 0 Å². The first-order chi connectivity index (χ1) is 13.4. The number of benzene rings is 1. The van der Waals surface area contributed by atoms with E-state index in [1.54, 1.807) is 4.90 Å². The minimum Gasteiger partial charge on any atom is -0.430 e. The van der Waals surface area contributed by atoms with E-state index in [0.29, 0.717) is 32.1 Å². The predicted molar refractivity (Wildman–Crippen MR) is 96.6 cm³/mol. The number of nitro groups is 1. The molecule has 0 bridgehead atoms. The van der Waals surface area contributed by atoms with Gasteiger partial charge in [0.15, 0.2) is 11.6 Å². The van der Waals surface area contributed by atoms with E-state index < -0.39 is 28.1 Å². The highest BCUT2D eigenvalue weighted by Crippen LogP contribution is 2.39. The van der Waals surface area contributed by atoms with Crippen molar-refractivity contribution in [2.24, 2.45) is 0 Å². The number of piperidine rings is 1. The van der Waals surface area contributed by atoms with Crippen molar-refractivity contribution in [2.75, 3.05) is 18.1 Å². The molecule has 1 aliphatic heterocycles. The van der Waals surface area contributed by atoms with Gasteiger partial charge in [-0.3, -0.25) is 10.1 Å². The third-order valence-corrected chi connectivity index (χ3v) is 4.55. The van der Waals surface area contributed by atoms with Crippen molar-refractivity contribution < 1.29 is 23.2 Å². The molecule has 3 rings (SSSR count). The summed E-state index contributed by atoms with van der Waals surface area (Å²) in [5.74, 6) is -2.44. The summed E-state index contributed by atoms with van der Waals surface area (Å²) < 4.78 is 37.9. The van der Waals surface area contributed by atoms with Gasteiger partial charge in [0.25, 0.3) is 0 Å². The van der Waals surface area contributed by atoms with Crippen LogP contribution in [0.1, 0.15) is 26.7 Å². The van der Waals surface area contributed by atoms with Gasteiger partial charge in [0, 0.05) is 25.3 Å². The van der Waals surface area contributed by atoms with Crippen molar-refractivity contribution in [3.05, 3.63) is 46.3 Å². The minimum absolute atomic E-state index is 0.0608. The second-order valence-electron chi connectivity index (χ2n) is 6.43. The van der Waals surface area contributed by atoms with Crippen molar-refractivity contribution >= 4 is 11.5 Å². The molecule has 2 heterocycles. The Kier molecular flexibility index (Phi) is 5.98. The highest BCUT2D eigenvalue weighted by Gasteiger charge is 2.34. The van der Waals surface area contributed by atoms with Gasteiger partial charge in [0.2, 0.25) is 5.82 Å². The molecule has 0 amide bonds. The Labute approximate surface area is 160 Å². The SMILES string of the molecule is CCOC1CCN(c2ncnc(Oc3ccc(F)cc3F)c2[N+](=O)[O-])C(C)C1. The molecule has 1 saturated heterocycles. The Morgan fingerprint density at radius 1 is 1.36 bits per heavy atom. The van der Waals surface area contributed by atoms with E-state index in [0.717, 1.165) is 18.5 Å². The van der Waals surface area contributed by atoms with Gasteiger partial charge < -0.3 is 14.4 Å². The molecule has 0 spiro atoms. The third-order valence-electron chi connectivity index (χ3n) is 4.55. The maximum Gasteiger partial charge on any atom is 0.373 e. The molecule has 2 atom stereocenters. The molecule has 1 aliphatic rings. The average molecular weight is 394 g/mol. The Morgan fingerprint density at radius 3 is 2.79 bits per heavy atom. The largest absolute Gasteiger partial charge is 0.430 e. The lowest BCUT2D eigenvalue weighted by molar-refractivity contribution is -0.385. The summed E-state index contributed by atoms with van der Waals surface area (Å²) in [6, 6.07) is 2.61. The number of ether oxygens (including phenoxy) is 2. The van der Waals surface area contributed by atoms with Crippen LogP contribution in [0.2, 0.25) is 0 Å². The summed E-state index contributed by atoms with van der Waals surface area (Å²) in [5.41, 5.74) is -0.465. The van der Waals surface area contributed by atoms with Crippen LogP contribution < -0.4 is 9.64 Å². The van der Waals surface area contributed by atoms with Gasteiger partial charge in [-0.1, -0.05) is 0 Å². The van der Waals surface area contributed by atoms with Gasteiger partial charge in [0.1, 0.15) is 12.1 Å². The molecule has 10 heteroatoms. The molecular weight excluding hydrogens is 374 g/mol. The summed E-state index contributed by atoms with van der Waals surface area (Å²) in [4.78, 5) is 20.7. The van der Waals surface area contributed by atoms with Crippen LogP contribution in [0.25, 0.3) is 0 Å². The van der Waals surface area contributed by atoms with Gasteiger partial charge in [-0.05, 0) is 38.8 Å². The van der Waals surface area contributed by atoms with E-state index in [1.807, 2.05) is 13.8 Å². The zero-order valence-electron chi connectivity index (χ0n) is 15.5. The fraction of sp³-hybridized carbons (Fsp3) is 0.444. The van der Waals surface area contributed by atoms with Gasteiger partial charge in [-0.2, -0.15) is 4.98 Å². The second-order valence-corrected chi connectivity index (χ2v) is 6.43. The molecule has 1 aromatic heterocycles. The van der Waals surface area contributed by atoms with Crippen LogP contribution in [0.3, 0.4) is 0 Å². The van der Waals surface area contributed by atoms with Gasteiger partial charge in [-0.25, -0.2) is 13.8 Å². The minimum atomic E-state index is -0.986. The second kappa shape index (κ2) is 8.42. The lowest BCUT2D eigenvalue weighted by atomic mass is 10.0. The molecular formula is C18H20F2N4O4. The third kappa shape index (κ3) is 4.16. The van der Waals surface area contributed by atoms with Crippen molar-refractivity contribution in [2.45, 2.75) is 38.8 Å². The average Bonchev–Trinajstić information content (AvgIpc) is 2.64. The molecule has 0 saturated carbocycles. The number of anilines is 1. The number of nitrogens with zero attached hydrogens (tertiary/aromatic N) is 4. The highest BCUT2D eigenvalue weighted by atomic mass is 19.1. The smallest absolute Gasteiger partial charge is 0.373 e. The Balaban J connectivity index is 1.93. The number of halogens is 2. The Morgan fingerprint density at radius 2 is 2.14 bits per heavy atom. The van der Waals surface area contributed by atoms with Crippen molar-refractivity contribution in [3.8, 4) is 11.6 Å². The molecule has 2 aromatic rings. The van der Waals surface area contributed by atoms with Crippen LogP contribution >= 0.6 is 0 Å². The van der Waals surface area contributed by atoms with Gasteiger partial charge in [0.05, 0.1) is 11.0 Å². The van der Waals surface area contributed by atoms with Gasteiger partial charge in [-0.15, -0.1) is 0 Å². The van der Waals surface area contributed by atoms with E-state index in [4.69, 9.17) is 9.47 Å². The fourth-order valence-electron chi connectivity index (χ4n) is 3.29. The first-order valence-electron chi connectivity index (χ1n) is 8.91. The normalized spacial score (nSPS) is 19.5. The summed E-state index contributed by atoms with van der Waals surface area (Å²) in [7, 11) is 0. The molecule has 0 N–H and O–H groups in total. The van der Waals surface area contributed by atoms with E-state index >= 15 is 0 Å². The van der Waals surface area contributed by atoms with E-state index in [2.05, 4.69) is 9.97 Å². The number of hydrogen-bond donors (Lipinski definition) is 0. The maximum atomic E-state index is 13.9. The maximum absolute atomic E-state index is 13.9. The van der Waals surface area contributed by atoms with Crippen molar-refractivity contribution in [1.29, 1.82) is 0 Å². The lowest BCUT2D eigenvalue weighted by Crippen LogP contribution is -2.44. The lowest BCUT2D eigenvalue weighted by Gasteiger charge is -2.37. The quantitative estimate of drug-likeness (QED) is 0.543. The molecule has 28 heavy (non-hydrogen) atoms. The molecule has 2 unspecified atom stereocenters. The zero-order chi connectivity index (χ0) is 20.3. The van der Waals surface area contributed by atoms with E-state index in [9.17, 15) is 18.9 Å². The predicted octanol–water partition coefficient (Wildman–Crippen LogP) is 3.85. The van der Waals surface area contributed by atoms with Crippen LogP contribution in [0.5, 0.6) is 11.6 Å². The zero-order valence-corrected chi connectivity index (χ0v) is 15.5. The molecule has 0 aliphatic carbocycles. The summed E-state index contributed by atoms with van der Waals surface area (Å²) in [6.07, 6.45) is 2.60. The number of aromatic nitrogens is 2. The van der Waals surface area contributed by atoms with Crippen LogP contribution in [0, 0.1) is 21.7 Å². The molecule has 1 fully saturated rings. The summed E-state index contributed by atoms with van der Waals surface area (Å²) in [5, 5.41) is 11.7. The number of rotatable bonds is 6. The van der Waals surface area contributed by atoms with Crippen LogP contribution in [-0.2, 0) is 4.74 Å². The monoisotopic (exact) mass is 394 g/mol. The first kappa shape index (κ1) is 19.9. The van der Waals surface area contributed by atoms with Gasteiger partial charge >= 0.3 is 11.6 Å². The van der Waals surface area contributed by atoms with Crippen molar-refractivity contribution in [3.63, 3.8) is 0 Å².